The van der Waals surface area contributed by atoms with Gasteiger partial charge < -0.3 is 19.5 Å². The van der Waals surface area contributed by atoms with E-state index in [-0.39, 0.29) is 11.2 Å². The minimum Gasteiger partial charge on any atom is -0.479 e. The Morgan fingerprint density at radius 3 is 2.20 bits per heavy atom. The Bertz CT molecular complexity index is 554. The average molecular weight is 281 g/mol. The molecule has 2 rings (SSSR count). The average Bonchev–Trinajstić information content (AvgIpc) is 2.84. The highest BCUT2D eigenvalue weighted by Crippen LogP contribution is 2.19. The fourth-order valence-corrected chi connectivity index (χ4v) is 1.76. The maximum atomic E-state index is 10.9. The Morgan fingerprint density at radius 1 is 1.20 bits per heavy atom. The van der Waals surface area contributed by atoms with Gasteiger partial charge in [-0.3, -0.25) is 10.1 Å². The van der Waals surface area contributed by atoms with E-state index in [0.29, 0.717) is 0 Å². The van der Waals surface area contributed by atoms with Gasteiger partial charge in [-0.25, -0.2) is 9.59 Å². The molecular formula is C10H8BNO8. The monoisotopic (exact) mass is 281 g/mol. The summed E-state index contributed by atoms with van der Waals surface area (Å²) in [6.45, 7) is 0. The largest absolute Gasteiger partial charge is 0.495 e. The molecule has 0 saturated carbocycles. The minimum absolute atomic E-state index is 0.175. The zero-order chi connectivity index (χ0) is 14.9. The molecule has 1 aliphatic rings. The van der Waals surface area contributed by atoms with Crippen molar-refractivity contribution in [2.75, 3.05) is 0 Å². The van der Waals surface area contributed by atoms with Crippen LogP contribution in [0.15, 0.2) is 24.3 Å². The molecule has 1 aromatic carbocycles. The molecule has 1 aliphatic heterocycles. The molecule has 0 unspecified atom stereocenters. The first-order valence-corrected chi connectivity index (χ1v) is 5.41. The molecule has 1 heterocycles. The van der Waals surface area contributed by atoms with E-state index in [4.69, 9.17) is 19.5 Å². The molecule has 2 atom stereocenters. The number of benzene rings is 1. The first-order chi connectivity index (χ1) is 9.40. The number of hydrogen-bond acceptors (Lipinski definition) is 6. The van der Waals surface area contributed by atoms with Gasteiger partial charge in [-0.2, -0.15) is 0 Å². The second-order valence-corrected chi connectivity index (χ2v) is 3.97. The Morgan fingerprint density at radius 2 is 1.75 bits per heavy atom. The lowest BCUT2D eigenvalue weighted by atomic mass is 9.79. The van der Waals surface area contributed by atoms with E-state index in [9.17, 15) is 19.7 Å². The normalized spacial score (nSPS) is 21.7. The molecule has 0 aliphatic carbocycles. The number of non-ortho nitro benzene ring substituents is 1. The van der Waals surface area contributed by atoms with Crippen molar-refractivity contribution in [2.45, 2.75) is 12.2 Å². The second-order valence-electron chi connectivity index (χ2n) is 3.97. The van der Waals surface area contributed by atoms with E-state index in [1.807, 2.05) is 0 Å². The van der Waals surface area contributed by atoms with Crippen LogP contribution in [0.4, 0.5) is 5.69 Å². The zero-order valence-corrected chi connectivity index (χ0v) is 9.83. The van der Waals surface area contributed by atoms with Crippen LogP contribution in [-0.4, -0.2) is 46.4 Å². The summed E-state index contributed by atoms with van der Waals surface area (Å²) in [5.41, 5.74) is -0.0606. The number of nitrogens with zero attached hydrogens (tertiary/aromatic N) is 1. The van der Waals surface area contributed by atoms with E-state index < -0.39 is 36.2 Å². The maximum Gasteiger partial charge on any atom is 0.495 e. The van der Waals surface area contributed by atoms with Crippen LogP contribution in [0.25, 0.3) is 0 Å². The summed E-state index contributed by atoms with van der Waals surface area (Å²) >= 11 is 0. The highest BCUT2D eigenvalue weighted by atomic mass is 16.7. The van der Waals surface area contributed by atoms with Crippen LogP contribution < -0.4 is 5.46 Å². The maximum absolute atomic E-state index is 10.9. The van der Waals surface area contributed by atoms with Crippen molar-refractivity contribution in [1.82, 2.24) is 0 Å². The summed E-state index contributed by atoms with van der Waals surface area (Å²) in [6.07, 6.45) is -3.34. The summed E-state index contributed by atoms with van der Waals surface area (Å²) in [5, 5.41) is 28.4. The number of nitro groups is 1. The molecule has 0 radical (unpaired) electrons. The number of aliphatic carboxylic acids is 2. The Labute approximate surface area is 112 Å². The minimum atomic E-state index is -1.67. The van der Waals surface area contributed by atoms with E-state index in [0.717, 1.165) is 6.07 Å². The third kappa shape index (κ3) is 2.60. The van der Waals surface area contributed by atoms with Gasteiger partial charge in [0.25, 0.3) is 5.69 Å². The van der Waals surface area contributed by atoms with Crippen molar-refractivity contribution < 1.29 is 34.0 Å². The summed E-state index contributed by atoms with van der Waals surface area (Å²) in [7, 11) is -1.28. The summed E-state index contributed by atoms with van der Waals surface area (Å²) in [6, 6.07) is 5.15. The lowest BCUT2D eigenvalue weighted by Crippen LogP contribution is -2.36. The molecular weight excluding hydrogens is 273 g/mol. The summed E-state index contributed by atoms with van der Waals surface area (Å²) in [5.74, 6) is -2.96. The highest BCUT2D eigenvalue weighted by Gasteiger charge is 2.48. The number of rotatable bonds is 4. The molecule has 0 amide bonds. The van der Waals surface area contributed by atoms with Gasteiger partial charge in [-0.1, -0.05) is 12.1 Å². The van der Waals surface area contributed by atoms with Crippen molar-refractivity contribution in [3.05, 3.63) is 34.4 Å². The van der Waals surface area contributed by atoms with E-state index in [2.05, 4.69) is 0 Å². The van der Waals surface area contributed by atoms with Gasteiger partial charge >= 0.3 is 19.1 Å². The van der Waals surface area contributed by atoms with E-state index >= 15 is 0 Å². The number of carboxylic acid groups (broad SMARTS) is 2. The molecule has 1 aromatic rings. The van der Waals surface area contributed by atoms with Crippen molar-refractivity contribution in [1.29, 1.82) is 0 Å². The van der Waals surface area contributed by atoms with Gasteiger partial charge in [0.15, 0.2) is 12.2 Å². The van der Waals surface area contributed by atoms with E-state index in [1.165, 1.54) is 18.2 Å². The molecule has 1 saturated heterocycles. The van der Waals surface area contributed by atoms with Crippen LogP contribution in [0.5, 0.6) is 0 Å². The van der Waals surface area contributed by atoms with Gasteiger partial charge in [0.2, 0.25) is 0 Å². The van der Waals surface area contributed by atoms with Crippen LogP contribution in [0.3, 0.4) is 0 Å². The molecule has 1 fully saturated rings. The Balaban J connectivity index is 2.27. The van der Waals surface area contributed by atoms with Crippen molar-refractivity contribution in [2.24, 2.45) is 0 Å². The van der Waals surface area contributed by atoms with Gasteiger partial charge in [0, 0.05) is 12.1 Å². The first kappa shape index (κ1) is 14.0. The zero-order valence-electron chi connectivity index (χ0n) is 9.83. The topological polar surface area (TPSA) is 136 Å². The third-order valence-electron chi connectivity index (χ3n) is 2.66. The van der Waals surface area contributed by atoms with Crippen LogP contribution >= 0.6 is 0 Å². The molecule has 10 heteroatoms. The number of nitro benzene ring substituents is 1. The van der Waals surface area contributed by atoms with Crippen LogP contribution in [0.1, 0.15) is 0 Å². The first-order valence-electron chi connectivity index (χ1n) is 5.41. The molecule has 104 valence electrons. The fraction of sp³-hybridized carbons (Fsp3) is 0.200. The van der Waals surface area contributed by atoms with Crippen molar-refractivity contribution in [3.8, 4) is 0 Å². The lowest BCUT2D eigenvalue weighted by molar-refractivity contribution is -0.384. The van der Waals surface area contributed by atoms with Gasteiger partial charge in [0.05, 0.1) is 4.92 Å². The van der Waals surface area contributed by atoms with Gasteiger partial charge in [0.1, 0.15) is 0 Å². The number of carbonyl (C=O) groups is 2. The lowest BCUT2D eigenvalue weighted by Gasteiger charge is -2.08. The molecule has 20 heavy (non-hydrogen) atoms. The number of carboxylic acids is 2. The van der Waals surface area contributed by atoms with Gasteiger partial charge in [-0.15, -0.1) is 0 Å². The second kappa shape index (κ2) is 5.27. The highest BCUT2D eigenvalue weighted by molar-refractivity contribution is 6.62. The predicted octanol–water partition coefficient (Wildman–Crippen LogP) is -0.757. The molecule has 2 N–H and O–H groups in total. The smallest absolute Gasteiger partial charge is 0.479 e. The SMILES string of the molecule is O=C(O)[C@@H]1OB(c2cccc([N+](=O)[O-])c2)O[C@H]1C(=O)O. The van der Waals surface area contributed by atoms with Crippen molar-refractivity contribution >= 4 is 30.2 Å². The fourth-order valence-electron chi connectivity index (χ4n) is 1.76. The van der Waals surface area contributed by atoms with E-state index in [1.54, 1.807) is 0 Å². The number of hydrogen-bond donors (Lipinski definition) is 2. The molecule has 9 nitrogen and oxygen atoms in total. The van der Waals surface area contributed by atoms with Crippen LogP contribution in [0, 0.1) is 10.1 Å². The molecule has 0 bridgehead atoms. The summed E-state index contributed by atoms with van der Waals surface area (Å²) in [4.78, 5) is 31.8. The van der Waals surface area contributed by atoms with Gasteiger partial charge in [-0.05, 0) is 5.46 Å². The summed E-state index contributed by atoms with van der Waals surface area (Å²) < 4.78 is 9.98. The van der Waals surface area contributed by atoms with Crippen molar-refractivity contribution in [3.63, 3.8) is 0 Å². The third-order valence-corrected chi connectivity index (χ3v) is 2.66. The Kier molecular flexibility index (Phi) is 3.68. The molecule has 0 aromatic heterocycles. The van der Waals surface area contributed by atoms with Crippen LogP contribution in [0.2, 0.25) is 0 Å². The van der Waals surface area contributed by atoms with Crippen LogP contribution in [-0.2, 0) is 18.9 Å². The molecule has 0 spiro atoms. The Hall–Kier alpha value is -2.46. The standard InChI is InChI=1S/C10H8BNO8/c13-9(14)7-8(10(15)16)20-11(19-7)5-2-1-3-6(4-5)12(17)18/h1-4,7-8H,(H,13,14)(H,15,16)/t7-,8-/m1/s1. The predicted molar refractivity (Wildman–Crippen MR) is 63.5 cm³/mol. The quantitative estimate of drug-likeness (QED) is 0.417.